The average Bonchev–Trinajstić information content (AvgIpc) is 2.97. The molecule has 2 aliphatic rings. The molecule has 3 amide bonds. The number of urea groups is 1. The van der Waals surface area contributed by atoms with Gasteiger partial charge in [0, 0.05) is 20.1 Å². The summed E-state index contributed by atoms with van der Waals surface area (Å²) >= 11 is 0. The number of nitrogens with one attached hydrogen (secondary N) is 1. The van der Waals surface area contributed by atoms with E-state index in [9.17, 15) is 14.0 Å². The molecule has 0 saturated carbocycles. The van der Waals surface area contributed by atoms with E-state index in [1.807, 2.05) is 6.07 Å². The lowest BCUT2D eigenvalue weighted by Gasteiger charge is -2.41. The van der Waals surface area contributed by atoms with Crippen molar-refractivity contribution in [3.8, 4) is 0 Å². The van der Waals surface area contributed by atoms with E-state index in [-0.39, 0.29) is 30.2 Å². The quantitative estimate of drug-likeness (QED) is 0.625. The topological polar surface area (TPSA) is 61.9 Å². The minimum absolute atomic E-state index is 0.0120. The van der Waals surface area contributed by atoms with Crippen LogP contribution >= 0.6 is 0 Å². The largest absolute Gasteiger partial charge is 0.383 e. The molecule has 0 aliphatic carbocycles. The second-order valence-electron chi connectivity index (χ2n) is 8.75. The van der Waals surface area contributed by atoms with Gasteiger partial charge < -0.3 is 15.0 Å². The highest BCUT2D eigenvalue weighted by atomic mass is 19.1. The fraction of sp³-hybridized carbons (Fsp3) is 0.652. The lowest BCUT2D eigenvalue weighted by atomic mass is 9.73. The number of imide groups is 1. The van der Waals surface area contributed by atoms with Gasteiger partial charge in [-0.2, -0.15) is 0 Å². The number of hydrogen-bond donors (Lipinski definition) is 1. The summed E-state index contributed by atoms with van der Waals surface area (Å²) in [5, 5.41) is 3.02. The molecule has 0 spiro atoms. The Morgan fingerprint density at radius 2 is 2.03 bits per heavy atom. The van der Waals surface area contributed by atoms with Crippen LogP contribution in [0.3, 0.4) is 0 Å². The highest BCUT2D eigenvalue weighted by Crippen LogP contribution is 2.36. The molecule has 0 aromatic heterocycles. The second-order valence-corrected chi connectivity index (χ2v) is 8.75. The number of halogens is 1. The fourth-order valence-corrected chi connectivity index (χ4v) is 4.72. The number of piperidine rings is 1. The summed E-state index contributed by atoms with van der Waals surface area (Å²) in [7, 11) is 1.55. The molecule has 1 N–H and O–H groups in total. The highest BCUT2D eigenvalue weighted by Gasteiger charge is 2.55. The van der Waals surface area contributed by atoms with Gasteiger partial charge in [0.25, 0.3) is 5.91 Å². The van der Waals surface area contributed by atoms with Crippen molar-refractivity contribution < 1.29 is 18.7 Å². The molecule has 1 aromatic rings. The summed E-state index contributed by atoms with van der Waals surface area (Å²) in [6.45, 7) is 7.84. The molecule has 2 aliphatic heterocycles. The van der Waals surface area contributed by atoms with Crippen molar-refractivity contribution in [2.75, 3.05) is 39.9 Å². The van der Waals surface area contributed by atoms with Gasteiger partial charge >= 0.3 is 6.03 Å². The monoisotopic (exact) mass is 419 g/mol. The molecule has 30 heavy (non-hydrogen) atoms. The Morgan fingerprint density at radius 3 is 2.67 bits per heavy atom. The van der Waals surface area contributed by atoms with Gasteiger partial charge in [-0.25, -0.2) is 9.18 Å². The molecular formula is C23H34FN3O3. The number of likely N-dealkylation sites (tertiary alicyclic amines) is 1. The molecule has 0 bridgehead atoms. The number of nitrogens with zero attached hydrogens (tertiary/aromatic N) is 2. The van der Waals surface area contributed by atoms with Crippen LogP contribution < -0.4 is 5.32 Å². The SMILES string of the molecule is CCC(C)CN1CCC(C2(Cc3cccc(F)c3)NC(=O)N(CCOC)C2=O)CC1. The van der Waals surface area contributed by atoms with E-state index >= 15 is 0 Å². The molecule has 2 atom stereocenters. The number of carbonyl (C=O) groups excluding carboxylic acids is 2. The second kappa shape index (κ2) is 9.88. The van der Waals surface area contributed by atoms with Gasteiger partial charge in [-0.3, -0.25) is 9.69 Å². The van der Waals surface area contributed by atoms with Crippen molar-refractivity contribution in [3.05, 3.63) is 35.6 Å². The summed E-state index contributed by atoms with van der Waals surface area (Å²) in [5.41, 5.74) is -0.305. The summed E-state index contributed by atoms with van der Waals surface area (Å²) < 4.78 is 18.9. The molecule has 166 valence electrons. The number of rotatable bonds is 9. The number of amides is 3. The molecule has 3 rings (SSSR count). The Kier molecular flexibility index (Phi) is 7.47. The molecule has 1 aromatic carbocycles. The fourth-order valence-electron chi connectivity index (χ4n) is 4.72. The molecule has 2 fully saturated rings. The van der Waals surface area contributed by atoms with Crippen LogP contribution in [0.1, 0.15) is 38.7 Å². The molecule has 2 saturated heterocycles. The third-order valence-corrected chi connectivity index (χ3v) is 6.64. The first-order valence-electron chi connectivity index (χ1n) is 11.0. The highest BCUT2D eigenvalue weighted by molar-refractivity contribution is 6.07. The standard InChI is InChI=1S/C23H34FN3O3/c1-4-17(2)16-26-10-8-19(9-11-26)23(15-18-6-5-7-20(24)14-18)21(28)27(12-13-30-3)22(29)25-23/h5-7,14,17,19H,4,8-13,15-16H2,1-3H3,(H,25,29). The number of ether oxygens (including phenoxy) is 1. The third-order valence-electron chi connectivity index (χ3n) is 6.64. The summed E-state index contributed by atoms with van der Waals surface area (Å²) in [6.07, 6.45) is 3.10. The van der Waals surface area contributed by atoms with E-state index in [2.05, 4.69) is 24.1 Å². The first-order chi connectivity index (χ1) is 14.4. The minimum Gasteiger partial charge on any atom is -0.383 e. The Bertz CT molecular complexity index is 751. The predicted molar refractivity (Wildman–Crippen MR) is 114 cm³/mol. The van der Waals surface area contributed by atoms with Crippen molar-refractivity contribution >= 4 is 11.9 Å². The average molecular weight is 420 g/mol. The summed E-state index contributed by atoms with van der Waals surface area (Å²) in [6, 6.07) is 5.94. The Morgan fingerprint density at radius 1 is 1.30 bits per heavy atom. The molecule has 7 heteroatoms. The van der Waals surface area contributed by atoms with Gasteiger partial charge in [0.1, 0.15) is 11.4 Å². The van der Waals surface area contributed by atoms with Crippen LogP contribution in [-0.4, -0.2) is 67.2 Å². The van der Waals surface area contributed by atoms with Crippen molar-refractivity contribution in [2.24, 2.45) is 11.8 Å². The zero-order valence-electron chi connectivity index (χ0n) is 18.3. The van der Waals surface area contributed by atoms with Gasteiger partial charge in [-0.15, -0.1) is 0 Å². The maximum Gasteiger partial charge on any atom is 0.325 e. The summed E-state index contributed by atoms with van der Waals surface area (Å²) in [4.78, 5) is 29.9. The Labute approximate surface area is 178 Å². The van der Waals surface area contributed by atoms with Gasteiger partial charge in [0.2, 0.25) is 0 Å². The van der Waals surface area contributed by atoms with Crippen molar-refractivity contribution in [3.63, 3.8) is 0 Å². The molecule has 0 radical (unpaired) electrons. The van der Waals surface area contributed by atoms with E-state index < -0.39 is 5.54 Å². The van der Waals surface area contributed by atoms with Gasteiger partial charge in [-0.05, 0) is 55.5 Å². The normalized spacial score (nSPS) is 24.3. The van der Waals surface area contributed by atoms with E-state index in [4.69, 9.17) is 4.74 Å². The minimum atomic E-state index is -1.03. The maximum absolute atomic E-state index is 13.8. The predicted octanol–water partition coefficient (Wildman–Crippen LogP) is 3.06. The molecule has 2 unspecified atom stereocenters. The van der Waals surface area contributed by atoms with E-state index in [0.717, 1.165) is 44.5 Å². The number of benzene rings is 1. The van der Waals surface area contributed by atoms with Crippen molar-refractivity contribution in [1.82, 2.24) is 15.1 Å². The van der Waals surface area contributed by atoms with Gasteiger partial charge in [0.15, 0.2) is 0 Å². The lowest BCUT2D eigenvalue weighted by molar-refractivity contribution is -0.134. The lowest BCUT2D eigenvalue weighted by Crippen LogP contribution is -2.57. The molecular weight excluding hydrogens is 385 g/mol. The number of methoxy groups -OCH3 is 1. The first kappa shape index (κ1) is 22.7. The van der Waals surface area contributed by atoms with Crippen LogP contribution in [0.5, 0.6) is 0 Å². The van der Waals surface area contributed by atoms with Crippen molar-refractivity contribution in [2.45, 2.75) is 45.1 Å². The van der Waals surface area contributed by atoms with E-state index in [1.165, 1.54) is 17.0 Å². The Balaban J connectivity index is 1.82. The first-order valence-corrected chi connectivity index (χ1v) is 11.0. The third kappa shape index (κ3) is 4.83. The van der Waals surface area contributed by atoms with Gasteiger partial charge in [-0.1, -0.05) is 32.4 Å². The number of carbonyl (C=O) groups is 2. The zero-order chi connectivity index (χ0) is 21.7. The van der Waals surface area contributed by atoms with Crippen LogP contribution in [0.2, 0.25) is 0 Å². The molecule has 2 heterocycles. The smallest absolute Gasteiger partial charge is 0.325 e. The Hall–Kier alpha value is -1.99. The summed E-state index contributed by atoms with van der Waals surface area (Å²) in [5.74, 6) is 0.103. The van der Waals surface area contributed by atoms with Crippen LogP contribution in [0.15, 0.2) is 24.3 Å². The zero-order valence-corrected chi connectivity index (χ0v) is 18.3. The molecule has 6 nitrogen and oxygen atoms in total. The van der Waals surface area contributed by atoms with Crippen LogP contribution in [0.4, 0.5) is 9.18 Å². The van der Waals surface area contributed by atoms with Crippen LogP contribution in [-0.2, 0) is 16.0 Å². The van der Waals surface area contributed by atoms with Crippen molar-refractivity contribution in [1.29, 1.82) is 0 Å². The maximum atomic E-state index is 13.8. The van der Waals surface area contributed by atoms with Crippen LogP contribution in [0.25, 0.3) is 0 Å². The number of hydrogen-bond acceptors (Lipinski definition) is 4. The van der Waals surface area contributed by atoms with E-state index in [1.54, 1.807) is 13.2 Å². The van der Waals surface area contributed by atoms with Gasteiger partial charge in [0.05, 0.1) is 13.2 Å². The van der Waals surface area contributed by atoms with E-state index in [0.29, 0.717) is 18.9 Å². The van der Waals surface area contributed by atoms with Crippen LogP contribution in [0, 0.1) is 17.7 Å².